The van der Waals surface area contributed by atoms with Gasteiger partial charge in [-0.15, -0.1) is 5.10 Å². The second-order valence-corrected chi connectivity index (χ2v) is 6.10. The van der Waals surface area contributed by atoms with Gasteiger partial charge in [-0.05, 0) is 31.0 Å². The normalized spacial score (nSPS) is 12.0. The number of fused-ring (bicyclic) bond motifs is 1. The summed E-state index contributed by atoms with van der Waals surface area (Å²) in [4.78, 5) is 17.0. The Balaban J connectivity index is 1.90. The number of nitrogens with one attached hydrogen (secondary N) is 1. The highest BCUT2D eigenvalue weighted by molar-refractivity contribution is 7.20. The van der Waals surface area contributed by atoms with E-state index in [0.29, 0.717) is 22.1 Å². The molecule has 6 nitrogen and oxygen atoms in total. The molecule has 0 bridgehead atoms. The molecule has 0 radical (unpaired) electrons. The molecule has 0 saturated heterocycles. The van der Waals surface area contributed by atoms with E-state index in [1.807, 2.05) is 32.0 Å². The number of nitrogens with zero attached hydrogens (tertiary/aromatic N) is 4. The van der Waals surface area contributed by atoms with Crippen LogP contribution in [0.4, 0.5) is 5.13 Å². The van der Waals surface area contributed by atoms with Crippen LogP contribution in [-0.2, 0) is 6.42 Å². The second kappa shape index (κ2) is 6.18. The van der Waals surface area contributed by atoms with Gasteiger partial charge in [0.1, 0.15) is 0 Å². The third-order valence-corrected chi connectivity index (χ3v) is 4.36. The number of hydrogen-bond acceptors (Lipinski definition) is 6. The molecule has 2 aromatic heterocycles. The van der Waals surface area contributed by atoms with Gasteiger partial charge in [0.05, 0.1) is 17.7 Å². The predicted octanol–water partition coefficient (Wildman–Crippen LogP) is 2.76. The molecule has 3 aromatic rings. The summed E-state index contributed by atoms with van der Waals surface area (Å²) < 4.78 is 1.31. The Bertz CT molecular complexity index is 953. The third-order valence-electron chi connectivity index (χ3n) is 3.52. The Morgan fingerprint density at radius 2 is 2.26 bits per heavy atom. The Labute approximate surface area is 137 Å². The minimum Gasteiger partial charge on any atom is -0.354 e. The van der Waals surface area contributed by atoms with E-state index < -0.39 is 0 Å². The van der Waals surface area contributed by atoms with Crippen LogP contribution in [-0.4, -0.2) is 14.6 Å². The molecular formula is C16H15N5OS. The maximum atomic E-state index is 12.0. The number of aromatic nitrogens is 3. The zero-order chi connectivity index (χ0) is 16.4. The predicted molar refractivity (Wildman–Crippen MR) is 89.7 cm³/mol. The highest BCUT2D eigenvalue weighted by Crippen LogP contribution is 2.23. The summed E-state index contributed by atoms with van der Waals surface area (Å²) in [6, 6.07) is 11.0. The molecular weight excluding hydrogens is 310 g/mol. The van der Waals surface area contributed by atoms with Crippen molar-refractivity contribution in [2.75, 3.05) is 5.32 Å². The van der Waals surface area contributed by atoms with Crippen LogP contribution in [0.15, 0.2) is 35.1 Å². The first-order valence-corrected chi connectivity index (χ1v) is 8.08. The first-order chi connectivity index (χ1) is 11.1. The van der Waals surface area contributed by atoms with Crippen LogP contribution < -0.4 is 10.9 Å². The lowest BCUT2D eigenvalue weighted by molar-refractivity contribution is 0.840. The van der Waals surface area contributed by atoms with E-state index >= 15 is 0 Å². The summed E-state index contributed by atoms with van der Waals surface area (Å²) >= 11 is 1.34. The van der Waals surface area contributed by atoms with Crippen molar-refractivity contribution in [2.24, 2.45) is 0 Å². The molecule has 1 atom stereocenters. The van der Waals surface area contributed by atoms with E-state index in [1.54, 1.807) is 6.07 Å². The van der Waals surface area contributed by atoms with Gasteiger partial charge in [-0.1, -0.05) is 30.4 Å². The van der Waals surface area contributed by atoms with Crippen molar-refractivity contribution in [3.63, 3.8) is 0 Å². The van der Waals surface area contributed by atoms with E-state index in [4.69, 9.17) is 5.26 Å². The molecule has 0 amide bonds. The van der Waals surface area contributed by atoms with E-state index in [2.05, 4.69) is 21.5 Å². The fraction of sp³-hybridized carbons (Fsp3) is 0.250. The van der Waals surface area contributed by atoms with Gasteiger partial charge >= 0.3 is 0 Å². The van der Waals surface area contributed by atoms with Crippen molar-refractivity contribution >= 4 is 21.4 Å². The van der Waals surface area contributed by atoms with Crippen molar-refractivity contribution in [3.05, 3.63) is 57.5 Å². The summed E-state index contributed by atoms with van der Waals surface area (Å²) in [5, 5.41) is 17.1. The van der Waals surface area contributed by atoms with Gasteiger partial charge in [-0.3, -0.25) is 4.79 Å². The average Bonchev–Trinajstić information content (AvgIpc) is 2.97. The molecule has 1 N–H and O–H groups in total. The Kier molecular flexibility index (Phi) is 4.08. The number of aryl methyl sites for hydroxylation is 1. The first kappa shape index (κ1) is 15.2. The lowest BCUT2D eigenvalue weighted by Crippen LogP contribution is -2.15. The zero-order valence-electron chi connectivity index (χ0n) is 12.8. The number of anilines is 1. The first-order valence-electron chi connectivity index (χ1n) is 7.27. The molecule has 0 spiro atoms. The van der Waals surface area contributed by atoms with Crippen LogP contribution in [0.1, 0.15) is 36.7 Å². The lowest BCUT2D eigenvalue weighted by atomic mass is 10.1. The molecule has 7 heteroatoms. The summed E-state index contributed by atoms with van der Waals surface area (Å²) in [5.41, 5.74) is 2.19. The Morgan fingerprint density at radius 3 is 3.00 bits per heavy atom. The number of hydrogen-bond donors (Lipinski definition) is 1. The lowest BCUT2D eigenvalue weighted by Gasteiger charge is -2.12. The Hall–Kier alpha value is -2.72. The molecule has 0 fully saturated rings. The molecule has 3 rings (SSSR count). The highest BCUT2D eigenvalue weighted by Gasteiger charge is 2.12. The van der Waals surface area contributed by atoms with Crippen LogP contribution in [0.3, 0.4) is 0 Å². The zero-order valence-corrected chi connectivity index (χ0v) is 13.6. The van der Waals surface area contributed by atoms with Crippen molar-refractivity contribution in [1.82, 2.24) is 14.6 Å². The minimum atomic E-state index is -0.171. The largest absolute Gasteiger partial charge is 0.354 e. The standard InChI is InChI=1S/C16H15N5OS/c1-3-13-8-14(22)21-16(19-13)23-15(20-21)18-10(2)12-6-4-5-11(7-12)9-17/h4-8,10H,3H2,1-2H3,(H,18,20). The van der Waals surface area contributed by atoms with Gasteiger partial charge in [0.15, 0.2) is 0 Å². The van der Waals surface area contributed by atoms with Gasteiger partial charge in [0, 0.05) is 11.8 Å². The van der Waals surface area contributed by atoms with Crippen molar-refractivity contribution in [3.8, 4) is 6.07 Å². The smallest absolute Gasteiger partial charge is 0.275 e. The van der Waals surface area contributed by atoms with Gasteiger partial charge in [0.2, 0.25) is 10.1 Å². The van der Waals surface area contributed by atoms with Gasteiger partial charge < -0.3 is 5.32 Å². The SMILES string of the molecule is CCc1cc(=O)n2nc(NC(C)c3cccc(C#N)c3)sc2n1. The van der Waals surface area contributed by atoms with E-state index in [0.717, 1.165) is 11.3 Å². The van der Waals surface area contributed by atoms with Crippen molar-refractivity contribution in [1.29, 1.82) is 5.26 Å². The molecule has 116 valence electrons. The van der Waals surface area contributed by atoms with E-state index in [1.165, 1.54) is 21.9 Å². The highest BCUT2D eigenvalue weighted by atomic mass is 32.1. The van der Waals surface area contributed by atoms with Crippen molar-refractivity contribution < 1.29 is 0 Å². The number of benzene rings is 1. The Morgan fingerprint density at radius 1 is 1.43 bits per heavy atom. The van der Waals surface area contributed by atoms with Crippen LogP contribution >= 0.6 is 11.3 Å². The molecule has 1 unspecified atom stereocenters. The number of rotatable bonds is 4. The van der Waals surface area contributed by atoms with Gasteiger partial charge in [-0.25, -0.2) is 4.98 Å². The van der Waals surface area contributed by atoms with E-state index in [9.17, 15) is 4.79 Å². The van der Waals surface area contributed by atoms with Crippen LogP contribution in [0, 0.1) is 11.3 Å². The van der Waals surface area contributed by atoms with Crippen LogP contribution in [0.2, 0.25) is 0 Å². The number of nitriles is 1. The summed E-state index contributed by atoms with van der Waals surface area (Å²) in [6.07, 6.45) is 0.712. The van der Waals surface area contributed by atoms with E-state index in [-0.39, 0.29) is 11.6 Å². The summed E-state index contributed by atoms with van der Waals surface area (Å²) in [5.74, 6) is 0. The monoisotopic (exact) mass is 325 g/mol. The quantitative estimate of drug-likeness (QED) is 0.797. The second-order valence-electron chi connectivity index (χ2n) is 5.14. The van der Waals surface area contributed by atoms with Crippen LogP contribution in [0.5, 0.6) is 0 Å². The maximum absolute atomic E-state index is 12.0. The van der Waals surface area contributed by atoms with Gasteiger partial charge in [0.25, 0.3) is 5.56 Å². The molecule has 1 aromatic carbocycles. The molecule has 0 aliphatic heterocycles. The third kappa shape index (κ3) is 3.07. The molecule has 2 heterocycles. The average molecular weight is 325 g/mol. The summed E-state index contributed by atoms with van der Waals surface area (Å²) in [6.45, 7) is 3.94. The fourth-order valence-electron chi connectivity index (χ4n) is 2.24. The molecule has 0 aliphatic carbocycles. The van der Waals surface area contributed by atoms with Gasteiger partial charge in [-0.2, -0.15) is 9.78 Å². The van der Waals surface area contributed by atoms with Crippen molar-refractivity contribution in [2.45, 2.75) is 26.3 Å². The van der Waals surface area contributed by atoms with Crippen LogP contribution in [0.25, 0.3) is 4.96 Å². The fourth-order valence-corrected chi connectivity index (χ4v) is 3.15. The topological polar surface area (TPSA) is 83.1 Å². The minimum absolute atomic E-state index is 0.0368. The molecule has 0 saturated carbocycles. The molecule has 0 aliphatic rings. The molecule has 23 heavy (non-hydrogen) atoms. The summed E-state index contributed by atoms with van der Waals surface area (Å²) in [7, 11) is 0. The maximum Gasteiger partial charge on any atom is 0.275 e.